The van der Waals surface area contributed by atoms with E-state index in [9.17, 15) is 5.11 Å². The monoisotopic (exact) mass is 319 g/mol. The van der Waals surface area contributed by atoms with Crippen molar-refractivity contribution in [2.45, 2.75) is 25.0 Å². The third-order valence-electron chi connectivity index (χ3n) is 3.62. The number of benzene rings is 1. The Kier molecular flexibility index (Phi) is 5.85. The van der Waals surface area contributed by atoms with E-state index < -0.39 is 6.10 Å². The van der Waals surface area contributed by atoms with E-state index in [4.69, 9.17) is 23.2 Å². The average molecular weight is 320 g/mol. The zero-order valence-corrected chi connectivity index (χ0v) is 13.3. The number of rotatable bonds is 5. The van der Waals surface area contributed by atoms with Gasteiger partial charge in [0.15, 0.2) is 0 Å². The van der Waals surface area contributed by atoms with Gasteiger partial charge < -0.3 is 10.0 Å². The molecular formula is C14H19Cl2NOS. The topological polar surface area (TPSA) is 23.5 Å². The van der Waals surface area contributed by atoms with E-state index in [0.29, 0.717) is 22.5 Å². The largest absolute Gasteiger partial charge is 0.388 e. The third kappa shape index (κ3) is 4.02. The van der Waals surface area contributed by atoms with Crippen molar-refractivity contribution in [2.75, 3.05) is 25.1 Å². The van der Waals surface area contributed by atoms with Crippen LogP contribution in [0.4, 0.5) is 0 Å². The van der Waals surface area contributed by atoms with Crippen molar-refractivity contribution in [1.29, 1.82) is 0 Å². The quantitative estimate of drug-likeness (QED) is 0.891. The summed E-state index contributed by atoms with van der Waals surface area (Å²) >= 11 is 14.1. The second kappa shape index (κ2) is 7.19. The number of thioether (sulfide) groups is 1. The van der Waals surface area contributed by atoms with Crippen molar-refractivity contribution < 1.29 is 5.11 Å². The van der Waals surface area contributed by atoms with Gasteiger partial charge in [-0.25, -0.2) is 0 Å². The maximum Gasteiger partial charge on any atom is 0.0817 e. The second-order valence-electron chi connectivity index (χ2n) is 4.95. The lowest BCUT2D eigenvalue weighted by Gasteiger charge is -2.25. The fraction of sp³-hybridized carbons (Fsp3) is 0.571. The van der Waals surface area contributed by atoms with Gasteiger partial charge in [0, 0.05) is 23.9 Å². The first-order valence-corrected chi connectivity index (χ1v) is 8.40. The molecule has 1 aliphatic heterocycles. The molecule has 0 amide bonds. The van der Waals surface area contributed by atoms with Gasteiger partial charge in [0.2, 0.25) is 0 Å². The third-order valence-corrected chi connectivity index (χ3v) is 5.60. The molecule has 0 bridgehead atoms. The molecule has 1 saturated heterocycles. The predicted octanol–water partition coefficient (Wildman–Crippen LogP) is 3.85. The van der Waals surface area contributed by atoms with Crippen LogP contribution < -0.4 is 0 Å². The summed E-state index contributed by atoms with van der Waals surface area (Å²) in [4.78, 5) is 2.33. The van der Waals surface area contributed by atoms with Crippen molar-refractivity contribution in [2.24, 2.45) is 0 Å². The molecule has 1 aromatic rings. The Hall–Kier alpha value is 0.0700. The Bertz CT molecular complexity index is 424. The van der Waals surface area contributed by atoms with Crippen LogP contribution in [-0.2, 0) is 0 Å². The maximum absolute atomic E-state index is 10.2. The van der Waals surface area contributed by atoms with Gasteiger partial charge in [0.25, 0.3) is 0 Å². The SMILES string of the molecule is CN(CCC(O)c1cccc(Cl)c1Cl)C1CCSC1. The fourth-order valence-corrected chi connectivity index (χ4v) is 4.04. The minimum absolute atomic E-state index is 0.468. The van der Waals surface area contributed by atoms with E-state index in [1.54, 1.807) is 6.07 Å². The lowest BCUT2D eigenvalue weighted by molar-refractivity contribution is 0.140. The Morgan fingerprint density at radius 3 is 2.95 bits per heavy atom. The minimum Gasteiger partial charge on any atom is -0.388 e. The van der Waals surface area contributed by atoms with Crippen molar-refractivity contribution in [3.63, 3.8) is 0 Å². The van der Waals surface area contributed by atoms with E-state index in [2.05, 4.69) is 11.9 Å². The number of nitrogens with zero attached hydrogens (tertiary/aromatic N) is 1. The molecule has 5 heteroatoms. The zero-order valence-electron chi connectivity index (χ0n) is 11.0. The number of hydrogen-bond donors (Lipinski definition) is 1. The maximum atomic E-state index is 10.2. The highest BCUT2D eigenvalue weighted by molar-refractivity contribution is 7.99. The first-order chi connectivity index (χ1) is 9.09. The Morgan fingerprint density at radius 1 is 1.47 bits per heavy atom. The Labute approximate surface area is 129 Å². The first-order valence-electron chi connectivity index (χ1n) is 6.49. The summed E-state index contributed by atoms with van der Waals surface area (Å²) in [6, 6.07) is 6.04. The molecule has 2 unspecified atom stereocenters. The molecule has 1 aromatic carbocycles. The fourth-order valence-electron chi connectivity index (χ4n) is 2.31. The zero-order chi connectivity index (χ0) is 13.8. The molecule has 106 valence electrons. The van der Waals surface area contributed by atoms with E-state index in [1.807, 2.05) is 23.9 Å². The van der Waals surface area contributed by atoms with Crippen molar-refractivity contribution in [3.05, 3.63) is 33.8 Å². The van der Waals surface area contributed by atoms with Crippen LogP contribution in [0.2, 0.25) is 10.0 Å². The summed E-state index contributed by atoms with van der Waals surface area (Å²) in [5.74, 6) is 2.45. The molecule has 0 aromatic heterocycles. The standard InChI is InChI=1S/C14H19Cl2NOS/c1-17(10-6-8-19-9-10)7-5-13(18)11-3-2-4-12(15)14(11)16/h2-4,10,13,18H,5-9H2,1H3. The van der Waals surface area contributed by atoms with Gasteiger partial charge in [-0.1, -0.05) is 35.3 Å². The molecule has 19 heavy (non-hydrogen) atoms. The van der Waals surface area contributed by atoms with Gasteiger partial charge in [-0.2, -0.15) is 11.8 Å². The summed E-state index contributed by atoms with van der Waals surface area (Å²) in [6.07, 6.45) is 1.37. The van der Waals surface area contributed by atoms with Gasteiger partial charge in [-0.15, -0.1) is 0 Å². The molecule has 1 fully saturated rings. The molecule has 0 saturated carbocycles. The summed E-state index contributed by atoms with van der Waals surface area (Å²) in [5, 5.41) is 11.2. The molecule has 1 aliphatic rings. The highest BCUT2D eigenvalue weighted by Gasteiger charge is 2.21. The number of hydrogen-bond acceptors (Lipinski definition) is 3. The average Bonchev–Trinajstić information content (AvgIpc) is 2.93. The van der Waals surface area contributed by atoms with Crippen LogP contribution in [0, 0.1) is 0 Å². The molecule has 2 rings (SSSR count). The summed E-state index contributed by atoms with van der Waals surface area (Å²) in [5.41, 5.74) is 0.725. The van der Waals surface area contributed by atoms with Crippen LogP contribution in [0.25, 0.3) is 0 Å². The predicted molar refractivity (Wildman–Crippen MR) is 84.4 cm³/mol. The van der Waals surface area contributed by atoms with Crippen LogP contribution >= 0.6 is 35.0 Å². The van der Waals surface area contributed by atoms with Gasteiger partial charge in [-0.05, 0) is 31.7 Å². The van der Waals surface area contributed by atoms with Crippen molar-refractivity contribution in [3.8, 4) is 0 Å². The van der Waals surface area contributed by atoms with Crippen LogP contribution in [0.5, 0.6) is 0 Å². The van der Waals surface area contributed by atoms with Gasteiger partial charge in [0.05, 0.1) is 16.1 Å². The van der Waals surface area contributed by atoms with Crippen LogP contribution in [-0.4, -0.2) is 41.1 Å². The van der Waals surface area contributed by atoms with Crippen molar-refractivity contribution >= 4 is 35.0 Å². The smallest absolute Gasteiger partial charge is 0.0817 e. The van der Waals surface area contributed by atoms with E-state index in [-0.39, 0.29) is 0 Å². The number of aliphatic hydroxyl groups excluding tert-OH is 1. The normalized spacial score (nSPS) is 21.0. The Balaban J connectivity index is 1.90. The highest BCUT2D eigenvalue weighted by Crippen LogP contribution is 2.31. The summed E-state index contributed by atoms with van der Waals surface area (Å²) in [6.45, 7) is 0.870. The van der Waals surface area contributed by atoms with Crippen LogP contribution in [0.1, 0.15) is 24.5 Å². The molecule has 1 heterocycles. The van der Waals surface area contributed by atoms with Gasteiger partial charge >= 0.3 is 0 Å². The van der Waals surface area contributed by atoms with E-state index >= 15 is 0 Å². The highest BCUT2D eigenvalue weighted by atomic mass is 35.5. The molecule has 0 aliphatic carbocycles. The number of aliphatic hydroxyl groups is 1. The molecular weight excluding hydrogens is 301 g/mol. The summed E-state index contributed by atoms with van der Waals surface area (Å²) < 4.78 is 0. The minimum atomic E-state index is -0.553. The molecule has 1 N–H and O–H groups in total. The Morgan fingerprint density at radius 2 is 2.26 bits per heavy atom. The van der Waals surface area contributed by atoms with Gasteiger partial charge in [-0.3, -0.25) is 0 Å². The first kappa shape index (κ1) is 15.5. The lowest BCUT2D eigenvalue weighted by Crippen LogP contribution is -2.32. The lowest BCUT2D eigenvalue weighted by atomic mass is 10.1. The second-order valence-corrected chi connectivity index (χ2v) is 6.88. The van der Waals surface area contributed by atoms with E-state index in [0.717, 1.165) is 12.1 Å². The molecule has 2 nitrogen and oxygen atoms in total. The van der Waals surface area contributed by atoms with Gasteiger partial charge in [0.1, 0.15) is 0 Å². The van der Waals surface area contributed by atoms with Crippen LogP contribution in [0.3, 0.4) is 0 Å². The van der Waals surface area contributed by atoms with Crippen molar-refractivity contribution in [1.82, 2.24) is 4.90 Å². The molecule has 0 radical (unpaired) electrons. The summed E-state index contributed by atoms with van der Waals surface area (Å²) in [7, 11) is 2.13. The molecule has 0 spiro atoms. The van der Waals surface area contributed by atoms with Crippen LogP contribution in [0.15, 0.2) is 18.2 Å². The number of halogens is 2. The van der Waals surface area contributed by atoms with E-state index in [1.165, 1.54) is 17.9 Å². The molecule has 2 atom stereocenters.